The molecule has 0 unspecified atom stereocenters. The summed E-state index contributed by atoms with van der Waals surface area (Å²) in [5.41, 5.74) is 2.17. The first-order valence-corrected chi connectivity index (χ1v) is 10.3. The molecule has 2 fully saturated rings. The van der Waals surface area contributed by atoms with Crippen LogP contribution in [0.3, 0.4) is 0 Å². The monoisotopic (exact) mass is 401 g/mol. The molecule has 1 aromatic rings. The summed E-state index contributed by atoms with van der Waals surface area (Å²) in [6.45, 7) is 4.30. The second kappa shape index (κ2) is 7.57. The lowest BCUT2D eigenvalue weighted by molar-refractivity contribution is -0.140. The van der Waals surface area contributed by atoms with E-state index in [1.165, 1.54) is 17.0 Å². The Morgan fingerprint density at radius 3 is 2.66 bits per heavy atom. The minimum absolute atomic E-state index is 0.125. The molecule has 2 aliphatic heterocycles. The normalized spacial score (nSPS) is 29.4. The van der Waals surface area contributed by atoms with Crippen molar-refractivity contribution in [1.29, 1.82) is 0 Å². The van der Waals surface area contributed by atoms with Crippen LogP contribution in [0.1, 0.15) is 51.2 Å². The predicted octanol–water partition coefficient (Wildman–Crippen LogP) is 2.75. The minimum Gasteiger partial charge on any atom is -0.505 e. The number of benzene rings is 1. The van der Waals surface area contributed by atoms with Gasteiger partial charge in [-0.15, -0.1) is 0 Å². The van der Waals surface area contributed by atoms with E-state index in [-0.39, 0.29) is 17.7 Å². The van der Waals surface area contributed by atoms with Gasteiger partial charge in [-0.05, 0) is 54.8 Å². The van der Waals surface area contributed by atoms with E-state index in [9.17, 15) is 24.1 Å². The molecule has 29 heavy (non-hydrogen) atoms. The number of hydrogen-bond donors (Lipinski definition) is 2. The van der Waals surface area contributed by atoms with Crippen LogP contribution in [0, 0.1) is 23.6 Å². The maximum Gasteiger partial charge on any atom is 0.487 e. The fourth-order valence-corrected chi connectivity index (χ4v) is 5.20. The lowest BCUT2D eigenvalue weighted by atomic mass is 9.55. The van der Waals surface area contributed by atoms with Gasteiger partial charge in [-0.3, -0.25) is 14.5 Å². The number of phenols is 1. The summed E-state index contributed by atoms with van der Waals surface area (Å²) in [4.78, 5) is 27.4. The molecule has 4 rings (SSSR count). The van der Waals surface area contributed by atoms with Crippen molar-refractivity contribution >= 4 is 18.9 Å². The van der Waals surface area contributed by atoms with Crippen molar-refractivity contribution < 1.29 is 28.8 Å². The Labute approximate surface area is 169 Å². The van der Waals surface area contributed by atoms with E-state index in [4.69, 9.17) is 4.65 Å². The maximum atomic E-state index is 13.9. The average Bonchev–Trinajstić information content (AvgIpc) is 2.94. The molecule has 0 aromatic heterocycles. The highest BCUT2D eigenvalue weighted by Crippen LogP contribution is 2.52. The topological polar surface area (TPSA) is 87.1 Å². The number of imide groups is 1. The average molecular weight is 401 g/mol. The molecule has 0 spiro atoms. The van der Waals surface area contributed by atoms with Crippen molar-refractivity contribution in [2.75, 3.05) is 6.54 Å². The van der Waals surface area contributed by atoms with Crippen LogP contribution in [0.15, 0.2) is 29.2 Å². The number of aromatic hydroxyl groups is 1. The van der Waals surface area contributed by atoms with Crippen molar-refractivity contribution in [1.82, 2.24) is 4.90 Å². The van der Waals surface area contributed by atoms with Crippen molar-refractivity contribution in [3.8, 4) is 5.75 Å². The molecule has 2 saturated heterocycles. The van der Waals surface area contributed by atoms with Gasteiger partial charge in [0, 0.05) is 6.54 Å². The van der Waals surface area contributed by atoms with Gasteiger partial charge in [0.2, 0.25) is 11.8 Å². The van der Waals surface area contributed by atoms with Crippen LogP contribution in [-0.4, -0.2) is 40.5 Å². The number of carbonyl (C=O) groups excluding carboxylic acids is 2. The highest BCUT2D eigenvalue weighted by molar-refractivity contribution is 6.53. The van der Waals surface area contributed by atoms with Crippen LogP contribution in [0.2, 0.25) is 0 Å². The molecule has 2 amide bonds. The zero-order valence-electron chi connectivity index (χ0n) is 16.6. The molecular weight excluding hydrogens is 376 g/mol. The summed E-state index contributed by atoms with van der Waals surface area (Å²) in [7, 11) is -1.20. The lowest BCUT2D eigenvalue weighted by Crippen LogP contribution is -2.44. The first-order chi connectivity index (χ1) is 13.9. The van der Waals surface area contributed by atoms with Gasteiger partial charge in [-0.2, -0.15) is 0 Å². The maximum absolute atomic E-state index is 13.9. The Morgan fingerprint density at radius 1 is 1.24 bits per heavy atom. The summed E-state index contributed by atoms with van der Waals surface area (Å²) in [5.74, 6) is -2.76. The van der Waals surface area contributed by atoms with Crippen LogP contribution in [0.4, 0.5) is 4.39 Å². The van der Waals surface area contributed by atoms with Gasteiger partial charge in [-0.25, -0.2) is 4.39 Å². The number of nitrogens with zero attached hydrogens (tertiary/aromatic N) is 1. The second-order valence-corrected chi connectivity index (χ2v) is 8.11. The number of hydrogen-bond acceptors (Lipinski definition) is 5. The quantitative estimate of drug-likeness (QED) is 0.599. The number of rotatable bonds is 4. The lowest BCUT2D eigenvalue weighted by Gasteiger charge is -2.42. The van der Waals surface area contributed by atoms with Crippen LogP contribution < -0.4 is 0 Å². The summed E-state index contributed by atoms with van der Waals surface area (Å²) in [6.07, 6.45) is 1.58. The first-order valence-electron chi connectivity index (χ1n) is 10.3. The third kappa shape index (κ3) is 3.18. The molecule has 4 atom stereocenters. The number of carbonyl (C=O) groups is 2. The molecule has 0 bridgehead atoms. The van der Waals surface area contributed by atoms with Crippen LogP contribution in [-0.2, 0) is 14.2 Å². The van der Waals surface area contributed by atoms with Crippen molar-refractivity contribution in [3.05, 3.63) is 40.6 Å². The zero-order valence-corrected chi connectivity index (χ0v) is 16.6. The fraction of sp³-hybridized carbons (Fsp3) is 0.524. The SMILES string of the molecule is CCCN1C(=O)[C@H]2[C@H](CC(CC)=C3B(O)O[C@H](c4ccc(O)c(F)c4)C[C@H]32)C1=O. The third-order valence-corrected chi connectivity index (χ3v) is 6.52. The predicted molar refractivity (Wildman–Crippen MR) is 104 cm³/mol. The minimum atomic E-state index is -1.20. The summed E-state index contributed by atoms with van der Waals surface area (Å²) in [6, 6.07) is 3.99. The molecule has 1 aromatic carbocycles. The number of fused-ring (bicyclic) bond motifs is 3. The van der Waals surface area contributed by atoms with Crippen molar-refractivity contribution in [2.45, 2.75) is 45.6 Å². The number of halogens is 1. The summed E-state index contributed by atoms with van der Waals surface area (Å²) in [5, 5.41) is 20.2. The Hall–Kier alpha value is -2.19. The van der Waals surface area contributed by atoms with E-state index in [1.54, 1.807) is 6.07 Å². The summed E-state index contributed by atoms with van der Waals surface area (Å²) >= 11 is 0. The number of likely N-dealkylation sites (tertiary alicyclic amines) is 1. The highest BCUT2D eigenvalue weighted by atomic mass is 19.1. The standard InChI is InChI=1S/C21H25BFNO5/c1-3-7-24-20(26)14-8-11(4-2)19-13(18(14)21(24)27)10-17(29-22(19)28)12-5-6-16(25)15(23)9-12/h5-6,9,13-14,17-18,25,28H,3-4,7-8,10H2,1-2H3/t13-,14-,17-,18+/m0/s1. The van der Waals surface area contributed by atoms with Gasteiger partial charge in [0.05, 0.1) is 17.9 Å². The highest BCUT2D eigenvalue weighted by Gasteiger charge is 2.57. The number of phenolic OH excluding ortho intramolecular Hbond substituents is 1. The van der Waals surface area contributed by atoms with E-state index >= 15 is 0 Å². The van der Waals surface area contributed by atoms with Crippen LogP contribution >= 0.6 is 0 Å². The molecule has 3 aliphatic rings. The number of allylic oxidation sites excluding steroid dienone is 2. The molecule has 0 radical (unpaired) electrons. The molecule has 6 nitrogen and oxygen atoms in total. The Morgan fingerprint density at radius 2 is 2.00 bits per heavy atom. The molecule has 2 N–H and O–H groups in total. The molecular formula is C21H25BFNO5. The molecule has 0 saturated carbocycles. The Bertz CT molecular complexity index is 888. The van der Waals surface area contributed by atoms with E-state index in [0.29, 0.717) is 43.3 Å². The molecule has 8 heteroatoms. The van der Waals surface area contributed by atoms with E-state index < -0.39 is 36.6 Å². The van der Waals surface area contributed by atoms with Crippen LogP contribution in [0.25, 0.3) is 0 Å². The van der Waals surface area contributed by atoms with Gasteiger partial charge < -0.3 is 14.8 Å². The van der Waals surface area contributed by atoms with Gasteiger partial charge >= 0.3 is 7.12 Å². The summed E-state index contributed by atoms with van der Waals surface area (Å²) < 4.78 is 19.7. The van der Waals surface area contributed by atoms with Gasteiger partial charge in [0.15, 0.2) is 11.6 Å². The molecule has 154 valence electrons. The Balaban J connectivity index is 1.72. The van der Waals surface area contributed by atoms with Gasteiger partial charge in [-0.1, -0.05) is 25.5 Å². The number of amides is 2. The zero-order chi connectivity index (χ0) is 20.9. The van der Waals surface area contributed by atoms with Crippen molar-refractivity contribution in [2.24, 2.45) is 17.8 Å². The van der Waals surface area contributed by atoms with E-state index in [2.05, 4.69) is 0 Å². The van der Waals surface area contributed by atoms with Crippen LogP contribution in [0.5, 0.6) is 5.75 Å². The molecule has 2 heterocycles. The Kier molecular flexibility index (Phi) is 5.25. The molecule has 1 aliphatic carbocycles. The van der Waals surface area contributed by atoms with Gasteiger partial charge in [0.25, 0.3) is 0 Å². The largest absolute Gasteiger partial charge is 0.505 e. The van der Waals surface area contributed by atoms with Gasteiger partial charge in [0.1, 0.15) is 0 Å². The third-order valence-electron chi connectivity index (χ3n) is 6.52. The second-order valence-electron chi connectivity index (χ2n) is 8.11. The van der Waals surface area contributed by atoms with E-state index in [1.807, 2.05) is 13.8 Å². The first kappa shape index (κ1) is 20.1. The van der Waals surface area contributed by atoms with E-state index in [0.717, 1.165) is 5.57 Å². The van der Waals surface area contributed by atoms with Crippen molar-refractivity contribution in [3.63, 3.8) is 0 Å². The fourth-order valence-electron chi connectivity index (χ4n) is 5.20. The smallest absolute Gasteiger partial charge is 0.487 e.